The Kier molecular flexibility index (Phi) is 5.18. The second kappa shape index (κ2) is 6.66. The summed E-state index contributed by atoms with van der Waals surface area (Å²) in [6.07, 6.45) is 2.86. The van der Waals surface area contributed by atoms with Gasteiger partial charge >= 0.3 is 0 Å². The van der Waals surface area contributed by atoms with E-state index in [9.17, 15) is 0 Å². The zero-order valence-corrected chi connectivity index (χ0v) is 13.1. The van der Waals surface area contributed by atoms with Crippen LogP contribution in [0.3, 0.4) is 0 Å². The molecule has 0 amide bonds. The van der Waals surface area contributed by atoms with Gasteiger partial charge in [-0.15, -0.1) is 11.3 Å². The molecule has 2 nitrogen and oxygen atoms in total. The van der Waals surface area contributed by atoms with Crippen LogP contribution >= 0.6 is 38.9 Å². The van der Waals surface area contributed by atoms with E-state index in [4.69, 9.17) is 11.6 Å². The normalized spacial score (nSPS) is 12.6. The number of thiazole rings is 1. The molecule has 0 aliphatic carbocycles. The highest BCUT2D eigenvalue weighted by atomic mass is 79.9. The lowest BCUT2D eigenvalue weighted by Gasteiger charge is -2.18. The van der Waals surface area contributed by atoms with Gasteiger partial charge < -0.3 is 5.32 Å². The highest BCUT2D eigenvalue weighted by molar-refractivity contribution is 9.10. The van der Waals surface area contributed by atoms with E-state index in [1.54, 1.807) is 11.3 Å². The van der Waals surface area contributed by atoms with Crippen LogP contribution in [-0.4, -0.2) is 11.5 Å². The van der Waals surface area contributed by atoms with Crippen molar-refractivity contribution in [2.45, 2.75) is 19.4 Å². The van der Waals surface area contributed by atoms with Gasteiger partial charge in [0.15, 0.2) is 0 Å². The van der Waals surface area contributed by atoms with Gasteiger partial charge in [-0.05, 0) is 30.3 Å². The number of benzene rings is 1. The smallest absolute Gasteiger partial charge is 0.0794 e. The molecular weight excluding hydrogens is 332 g/mol. The van der Waals surface area contributed by atoms with Crippen LogP contribution in [-0.2, 0) is 6.42 Å². The van der Waals surface area contributed by atoms with Crippen molar-refractivity contribution in [3.63, 3.8) is 0 Å². The quantitative estimate of drug-likeness (QED) is 0.866. The SMILES string of the molecule is CCNC(Cc1cncs1)c1cc(Cl)cc(Br)c1. The lowest BCUT2D eigenvalue weighted by molar-refractivity contribution is 0.553. The lowest BCUT2D eigenvalue weighted by Crippen LogP contribution is -2.22. The van der Waals surface area contributed by atoms with Gasteiger partial charge in [-0.2, -0.15) is 0 Å². The summed E-state index contributed by atoms with van der Waals surface area (Å²) < 4.78 is 1.01. The van der Waals surface area contributed by atoms with Gasteiger partial charge in [0.2, 0.25) is 0 Å². The van der Waals surface area contributed by atoms with E-state index >= 15 is 0 Å². The fourth-order valence-corrected chi connectivity index (χ4v) is 3.40. The first kappa shape index (κ1) is 14.0. The minimum atomic E-state index is 0.269. The molecular formula is C13H14BrClN2S. The molecule has 1 unspecified atom stereocenters. The van der Waals surface area contributed by atoms with Crippen LogP contribution < -0.4 is 5.32 Å². The standard InChI is InChI=1S/C13H14BrClN2S/c1-2-17-13(6-12-7-16-8-18-12)9-3-10(14)5-11(15)4-9/h3-5,7-8,13,17H,2,6H2,1H3. The van der Waals surface area contributed by atoms with Crippen LogP contribution in [0.5, 0.6) is 0 Å². The molecule has 5 heteroatoms. The maximum absolute atomic E-state index is 6.11. The molecule has 0 radical (unpaired) electrons. The van der Waals surface area contributed by atoms with Crippen molar-refractivity contribution in [2.75, 3.05) is 6.54 Å². The monoisotopic (exact) mass is 344 g/mol. The molecule has 0 fully saturated rings. The molecule has 0 spiro atoms. The molecule has 1 N–H and O–H groups in total. The van der Waals surface area contributed by atoms with Crippen molar-refractivity contribution < 1.29 is 0 Å². The predicted octanol–water partition coefficient (Wildman–Crippen LogP) is 4.45. The maximum Gasteiger partial charge on any atom is 0.0794 e. The summed E-state index contributed by atoms with van der Waals surface area (Å²) in [5.41, 5.74) is 3.07. The van der Waals surface area contributed by atoms with Gasteiger partial charge in [0.25, 0.3) is 0 Å². The van der Waals surface area contributed by atoms with Crippen LogP contribution in [0.15, 0.2) is 34.4 Å². The van der Waals surface area contributed by atoms with Crippen LogP contribution in [0, 0.1) is 0 Å². The van der Waals surface area contributed by atoms with Crippen LogP contribution in [0.4, 0.5) is 0 Å². The molecule has 0 saturated heterocycles. The summed E-state index contributed by atoms with van der Waals surface area (Å²) in [5, 5.41) is 4.25. The molecule has 96 valence electrons. The summed E-state index contributed by atoms with van der Waals surface area (Å²) in [5.74, 6) is 0. The summed E-state index contributed by atoms with van der Waals surface area (Å²) >= 11 is 11.3. The van der Waals surface area contributed by atoms with Crippen LogP contribution in [0.25, 0.3) is 0 Å². The van der Waals surface area contributed by atoms with E-state index < -0.39 is 0 Å². The van der Waals surface area contributed by atoms with Crippen molar-refractivity contribution >= 4 is 38.9 Å². The summed E-state index contributed by atoms with van der Waals surface area (Å²) in [6.45, 7) is 3.03. The molecule has 1 atom stereocenters. The van der Waals surface area contributed by atoms with Gasteiger partial charge in [0.05, 0.1) is 5.51 Å². The Morgan fingerprint density at radius 1 is 1.44 bits per heavy atom. The molecule has 0 aliphatic heterocycles. The van der Waals surface area contributed by atoms with E-state index in [0.29, 0.717) is 0 Å². The van der Waals surface area contributed by atoms with Gasteiger partial charge in [-0.25, -0.2) is 0 Å². The van der Waals surface area contributed by atoms with Crippen LogP contribution in [0.1, 0.15) is 23.4 Å². The minimum Gasteiger partial charge on any atom is -0.310 e. The Balaban J connectivity index is 2.23. The fourth-order valence-electron chi connectivity index (χ4n) is 1.87. The zero-order chi connectivity index (χ0) is 13.0. The highest BCUT2D eigenvalue weighted by Gasteiger charge is 2.13. The topological polar surface area (TPSA) is 24.9 Å². The number of nitrogens with one attached hydrogen (secondary N) is 1. The Labute approximate surface area is 125 Å². The Morgan fingerprint density at radius 2 is 2.28 bits per heavy atom. The summed E-state index contributed by atoms with van der Waals surface area (Å²) in [4.78, 5) is 5.39. The van der Waals surface area contributed by atoms with Crippen LogP contribution in [0.2, 0.25) is 5.02 Å². The third kappa shape index (κ3) is 3.79. The van der Waals surface area contributed by atoms with Crippen molar-refractivity contribution in [2.24, 2.45) is 0 Å². The third-order valence-electron chi connectivity index (χ3n) is 2.63. The van der Waals surface area contributed by atoms with Gasteiger partial charge in [0, 0.05) is 33.0 Å². The van der Waals surface area contributed by atoms with Crippen molar-refractivity contribution in [1.29, 1.82) is 0 Å². The fraction of sp³-hybridized carbons (Fsp3) is 0.308. The molecule has 18 heavy (non-hydrogen) atoms. The average molecular weight is 346 g/mol. The van der Waals surface area contributed by atoms with Crippen molar-refractivity contribution in [3.8, 4) is 0 Å². The molecule has 1 aromatic heterocycles. The highest BCUT2D eigenvalue weighted by Crippen LogP contribution is 2.26. The average Bonchev–Trinajstić information content (AvgIpc) is 2.80. The maximum atomic E-state index is 6.11. The Bertz CT molecular complexity index is 481. The number of hydrogen-bond acceptors (Lipinski definition) is 3. The van der Waals surface area contributed by atoms with E-state index in [0.717, 1.165) is 22.5 Å². The van der Waals surface area contributed by atoms with Crippen molar-refractivity contribution in [3.05, 3.63) is 49.8 Å². The first-order valence-corrected chi connectivity index (χ1v) is 7.81. The first-order valence-electron chi connectivity index (χ1n) is 5.75. The molecule has 1 heterocycles. The first-order chi connectivity index (χ1) is 8.69. The molecule has 0 aliphatic rings. The third-order valence-corrected chi connectivity index (χ3v) is 4.10. The van der Waals surface area contributed by atoms with E-state index in [-0.39, 0.29) is 6.04 Å². The number of aromatic nitrogens is 1. The summed E-state index contributed by atoms with van der Waals surface area (Å²) in [7, 11) is 0. The number of hydrogen-bond donors (Lipinski definition) is 1. The number of rotatable bonds is 5. The molecule has 2 aromatic rings. The lowest BCUT2D eigenvalue weighted by atomic mass is 10.0. The largest absolute Gasteiger partial charge is 0.310 e. The molecule has 1 aromatic carbocycles. The van der Waals surface area contributed by atoms with E-state index in [1.165, 1.54) is 10.4 Å². The second-order valence-electron chi connectivity index (χ2n) is 3.98. The van der Waals surface area contributed by atoms with Gasteiger partial charge in [-0.3, -0.25) is 4.98 Å². The van der Waals surface area contributed by atoms with Crippen molar-refractivity contribution in [1.82, 2.24) is 10.3 Å². The molecule has 2 rings (SSSR count). The Morgan fingerprint density at radius 3 is 2.89 bits per heavy atom. The van der Waals surface area contributed by atoms with Gasteiger partial charge in [0.1, 0.15) is 0 Å². The Hall–Kier alpha value is -0.420. The molecule has 0 bridgehead atoms. The van der Waals surface area contributed by atoms with E-state index in [2.05, 4.69) is 39.2 Å². The minimum absolute atomic E-state index is 0.269. The van der Waals surface area contributed by atoms with Gasteiger partial charge in [-0.1, -0.05) is 34.5 Å². The zero-order valence-electron chi connectivity index (χ0n) is 9.99. The van der Waals surface area contributed by atoms with E-state index in [1.807, 2.05) is 23.8 Å². The number of nitrogens with zero attached hydrogens (tertiary/aromatic N) is 1. The number of halogens is 2. The second-order valence-corrected chi connectivity index (χ2v) is 6.31. The molecule has 0 saturated carbocycles. The number of likely N-dealkylation sites (N-methyl/N-ethyl adjacent to an activating group) is 1. The predicted molar refractivity (Wildman–Crippen MR) is 81.4 cm³/mol. The summed E-state index contributed by atoms with van der Waals surface area (Å²) in [6, 6.07) is 6.30.